The van der Waals surface area contributed by atoms with E-state index in [9.17, 15) is 9.90 Å². The van der Waals surface area contributed by atoms with Crippen molar-refractivity contribution in [1.82, 2.24) is 4.57 Å². The SMILES string of the molecule is Cc1c(O)c(=O)ccn1CC1CCCCC1.Cl. The van der Waals surface area contributed by atoms with Crippen molar-refractivity contribution in [2.45, 2.75) is 45.6 Å². The maximum atomic E-state index is 11.2. The highest BCUT2D eigenvalue weighted by Crippen LogP contribution is 2.25. The highest BCUT2D eigenvalue weighted by atomic mass is 35.5. The molecule has 0 radical (unpaired) electrons. The highest BCUT2D eigenvalue weighted by molar-refractivity contribution is 5.85. The van der Waals surface area contributed by atoms with Gasteiger partial charge in [0.05, 0.1) is 5.69 Å². The Morgan fingerprint density at radius 2 is 2.00 bits per heavy atom. The van der Waals surface area contributed by atoms with Crippen LogP contribution in [0.4, 0.5) is 0 Å². The minimum absolute atomic E-state index is 0. The largest absolute Gasteiger partial charge is 0.503 e. The lowest BCUT2D eigenvalue weighted by atomic mass is 9.89. The summed E-state index contributed by atoms with van der Waals surface area (Å²) in [5, 5.41) is 9.58. The standard InChI is InChI=1S/C13H19NO2.ClH/c1-10-13(16)12(15)7-8-14(10)9-11-5-3-2-4-6-11;/h7-8,11,16H,2-6,9H2,1H3;1H. The fourth-order valence-electron chi connectivity index (χ4n) is 2.51. The summed E-state index contributed by atoms with van der Waals surface area (Å²) in [4.78, 5) is 11.2. The number of aromatic nitrogens is 1. The first kappa shape index (κ1) is 14.1. The van der Waals surface area contributed by atoms with Gasteiger partial charge >= 0.3 is 0 Å². The van der Waals surface area contributed by atoms with Crippen molar-refractivity contribution in [2.24, 2.45) is 5.92 Å². The number of rotatable bonds is 2. The van der Waals surface area contributed by atoms with Gasteiger partial charge in [0, 0.05) is 18.8 Å². The molecule has 0 amide bonds. The van der Waals surface area contributed by atoms with Gasteiger partial charge in [0.25, 0.3) is 0 Å². The minimum Gasteiger partial charge on any atom is -0.503 e. The highest BCUT2D eigenvalue weighted by Gasteiger charge is 2.15. The molecule has 1 heterocycles. The number of hydrogen-bond acceptors (Lipinski definition) is 2. The number of pyridine rings is 1. The smallest absolute Gasteiger partial charge is 0.223 e. The lowest BCUT2D eigenvalue weighted by Crippen LogP contribution is -2.17. The molecule has 1 aromatic heterocycles. The Kier molecular flexibility index (Phi) is 5.06. The van der Waals surface area contributed by atoms with E-state index in [4.69, 9.17) is 0 Å². The van der Waals surface area contributed by atoms with Crippen LogP contribution in [0.5, 0.6) is 5.75 Å². The summed E-state index contributed by atoms with van der Waals surface area (Å²) in [6, 6.07) is 1.45. The topological polar surface area (TPSA) is 42.2 Å². The molecule has 3 nitrogen and oxygen atoms in total. The van der Waals surface area contributed by atoms with E-state index in [-0.39, 0.29) is 23.6 Å². The Bertz CT molecular complexity index is 422. The molecule has 2 rings (SSSR count). The molecule has 4 heteroatoms. The maximum absolute atomic E-state index is 11.2. The Balaban J connectivity index is 0.00000144. The van der Waals surface area contributed by atoms with E-state index in [0.717, 1.165) is 6.54 Å². The van der Waals surface area contributed by atoms with Gasteiger partial charge in [-0.15, -0.1) is 12.4 Å². The number of aromatic hydroxyl groups is 1. The van der Waals surface area contributed by atoms with Crippen LogP contribution in [0.3, 0.4) is 0 Å². The van der Waals surface area contributed by atoms with Crippen LogP contribution in [0.25, 0.3) is 0 Å². The van der Waals surface area contributed by atoms with Crippen LogP contribution in [-0.4, -0.2) is 9.67 Å². The van der Waals surface area contributed by atoms with Crippen molar-refractivity contribution in [2.75, 3.05) is 0 Å². The van der Waals surface area contributed by atoms with Gasteiger partial charge < -0.3 is 9.67 Å². The quantitative estimate of drug-likeness (QED) is 0.885. The molecule has 1 fully saturated rings. The minimum atomic E-state index is -0.280. The van der Waals surface area contributed by atoms with E-state index in [1.807, 2.05) is 4.57 Å². The normalized spacial score (nSPS) is 16.5. The summed E-state index contributed by atoms with van der Waals surface area (Å²) >= 11 is 0. The molecule has 1 aliphatic rings. The number of hydrogen-bond donors (Lipinski definition) is 1. The van der Waals surface area contributed by atoms with E-state index >= 15 is 0 Å². The first-order chi connectivity index (χ1) is 7.68. The van der Waals surface area contributed by atoms with Crippen molar-refractivity contribution < 1.29 is 5.11 Å². The summed E-state index contributed by atoms with van der Waals surface area (Å²) < 4.78 is 2.01. The average molecular weight is 258 g/mol. The molecule has 1 aromatic rings. The molecule has 0 unspecified atom stereocenters. The molecule has 1 saturated carbocycles. The van der Waals surface area contributed by atoms with Gasteiger partial charge in [-0.3, -0.25) is 4.79 Å². The van der Waals surface area contributed by atoms with Crippen molar-refractivity contribution >= 4 is 12.4 Å². The second kappa shape index (κ2) is 6.10. The monoisotopic (exact) mass is 257 g/mol. The zero-order chi connectivity index (χ0) is 11.5. The van der Waals surface area contributed by atoms with E-state index in [0.29, 0.717) is 11.6 Å². The van der Waals surface area contributed by atoms with Crippen molar-refractivity contribution in [3.05, 3.63) is 28.2 Å². The fraction of sp³-hybridized carbons (Fsp3) is 0.615. The van der Waals surface area contributed by atoms with E-state index in [1.165, 1.54) is 38.2 Å². The first-order valence-corrected chi connectivity index (χ1v) is 6.07. The predicted molar refractivity (Wildman–Crippen MR) is 70.9 cm³/mol. The molecule has 0 aromatic carbocycles. The Morgan fingerprint density at radius 1 is 1.35 bits per heavy atom. The van der Waals surface area contributed by atoms with Gasteiger partial charge in [0.2, 0.25) is 5.43 Å². The summed E-state index contributed by atoms with van der Waals surface area (Å²) in [6.07, 6.45) is 8.32. The average Bonchev–Trinajstić information content (AvgIpc) is 2.31. The maximum Gasteiger partial charge on any atom is 0.223 e. The molecule has 1 aliphatic carbocycles. The van der Waals surface area contributed by atoms with Crippen molar-refractivity contribution in [1.29, 1.82) is 0 Å². The van der Waals surface area contributed by atoms with Gasteiger partial charge in [-0.05, 0) is 25.7 Å². The van der Waals surface area contributed by atoms with Crippen LogP contribution in [0.2, 0.25) is 0 Å². The summed E-state index contributed by atoms with van der Waals surface area (Å²) in [6.45, 7) is 2.74. The van der Waals surface area contributed by atoms with Gasteiger partial charge in [-0.25, -0.2) is 0 Å². The lowest BCUT2D eigenvalue weighted by Gasteiger charge is -2.23. The van der Waals surface area contributed by atoms with E-state index < -0.39 is 0 Å². The summed E-state index contributed by atoms with van der Waals surface area (Å²) in [5.41, 5.74) is 0.412. The molecular formula is C13H20ClNO2. The van der Waals surface area contributed by atoms with Gasteiger partial charge in [0.15, 0.2) is 5.75 Å². The zero-order valence-corrected chi connectivity index (χ0v) is 11.0. The van der Waals surface area contributed by atoms with Crippen molar-refractivity contribution in [3.8, 4) is 5.75 Å². The molecule has 17 heavy (non-hydrogen) atoms. The van der Waals surface area contributed by atoms with Crippen LogP contribution < -0.4 is 5.43 Å². The predicted octanol–water partition coefficient (Wildman–Crippen LogP) is 2.86. The second-order valence-electron chi connectivity index (χ2n) is 4.77. The lowest BCUT2D eigenvalue weighted by molar-refractivity contribution is 0.314. The summed E-state index contributed by atoms with van der Waals surface area (Å²) in [7, 11) is 0. The molecule has 1 N–H and O–H groups in total. The molecule has 96 valence electrons. The van der Waals surface area contributed by atoms with Gasteiger partial charge in [0.1, 0.15) is 0 Å². The zero-order valence-electron chi connectivity index (χ0n) is 10.2. The third-order valence-corrected chi connectivity index (χ3v) is 3.59. The molecule has 0 spiro atoms. The molecule has 0 saturated heterocycles. The fourth-order valence-corrected chi connectivity index (χ4v) is 2.51. The molecule has 0 aliphatic heterocycles. The third-order valence-electron chi connectivity index (χ3n) is 3.59. The number of halogens is 1. The Hall–Kier alpha value is -0.960. The van der Waals surface area contributed by atoms with Gasteiger partial charge in [-0.1, -0.05) is 19.3 Å². The van der Waals surface area contributed by atoms with E-state index in [2.05, 4.69) is 0 Å². The number of nitrogens with zero attached hydrogens (tertiary/aromatic N) is 1. The van der Waals surface area contributed by atoms with Gasteiger partial charge in [-0.2, -0.15) is 0 Å². The van der Waals surface area contributed by atoms with Crippen LogP contribution in [0, 0.1) is 12.8 Å². The first-order valence-electron chi connectivity index (χ1n) is 6.07. The summed E-state index contributed by atoms with van der Waals surface area (Å²) in [5.74, 6) is 0.604. The van der Waals surface area contributed by atoms with Crippen LogP contribution in [0.15, 0.2) is 17.1 Å². The van der Waals surface area contributed by atoms with Crippen LogP contribution in [-0.2, 0) is 6.54 Å². The van der Waals surface area contributed by atoms with Crippen LogP contribution in [0.1, 0.15) is 37.8 Å². The third kappa shape index (κ3) is 3.25. The molecule has 0 atom stereocenters. The second-order valence-corrected chi connectivity index (χ2v) is 4.77. The molecule has 0 bridgehead atoms. The van der Waals surface area contributed by atoms with Crippen molar-refractivity contribution in [3.63, 3.8) is 0 Å². The van der Waals surface area contributed by atoms with Crippen LogP contribution >= 0.6 is 12.4 Å². The van der Waals surface area contributed by atoms with E-state index in [1.54, 1.807) is 13.1 Å². The molecular weight excluding hydrogens is 238 g/mol. The Labute approximate surface area is 108 Å². The Morgan fingerprint density at radius 3 is 2.65 bits per heavy atom.